The summed E-state index contributed by atoms with van der Waals surface area (Å²) in [5, 5.41) is 3.99. The van der Waals surface area contributed by atoms with E-state index < -0.39 is 0 Å². The monoisotopic (exact) mass is 296 g/mol. The van der Waals surface area contributed by atoms with Gasteiger partial charge >= 0.3 is 0 Å². The van der Waals surface area contributed by atoms with Crippen LogP contribution in [-0.2, 0) is 0 Å². The maximum absolute atomic E-state index is 12.2. The first-order chi connectivity index (χ1) is 10.7. The number of carbonyl (C=O) groups is 1. The second-order valence-electron chi connectivity index (χ2n) is 4.95. The van der Waals surface area contributed by atoms with E-state index in [4.69, 9.17) is 4.74 Å². The fourth-order valence-corrected chi connectivity index (χ4v) is 1.87. The van der Waals surface area contributed by atoms with Crippen molar-refractivity contribution >= 4 is 12.1 Å². The smallest absolute Gasteiger partial charge is 0.275 e. The molecule has 2 rings (SSSR count). The Balaban J connectivity index is 2.01. The molecule has 2 aromatic carbocycles. The molecule has 0 bridgehead atoms. The zero-order valence-corrected chi connectivity index (χ0v) is 12.9. The average Bonchev–Trinajstić information content (AvgIpc) is 2.55. The first kappa shape index (κ1) is 15.8. The van der Waals surface area contributed by atoms with Gasteiger partial charge in [-0.15, -0.1) is 0 Å². The number of amides is 1. The molecule has 0 aliphatic carbocycles. The summed E-state index contributed by atoms with van der Waals surface area (Å²) in [7, 11) is 0. The molecule has 1 N–H and O–H groups in total. The molecule has 0 aliphatic rings. The largest absolute Gasteiger partial charge is 0.493 e. The van der Waals surface area contributed by atoms with Crippen molar-refractivity contribution in [2.45, 2.75) is 20.3 Å². The van der Waals surface area contributed by atoms with Crippen molar-refractivity contribution in [1.29, 1.82) is 0 Å². The Kier molecular flexibility index (Phi) is 5.72. The predicted octanol–water partition coefficient (Wildman–Crippen LogP) is 3.55. The molecule has 114 valence electrons. The first-order valence-corrected chi connectivity index (χ1v) is 7.32. The fourth-order valence-electron chi connectivity index (χ4n) is 1.87. The van der Waals surface area contributed by atoms with Crippen LogP contribution >= 0.6 is 0 Å². The van der Waals surface area contributed by atoms with E-state index in [0.717, 1.165) is 12.0 Å². The lowest BCUT2D eigenvalue weighted by atomic mass is 10.2. The number of nitrogens with one attached hydrogen (secondary N) is 1. The molecule has 0 heterocycles. The van der Waals surface area contributed by atoms with Crippen molar-refractivity contribution in [3.05, 3.63) is 65.2 Å². The number of hydrazone groups is 1. The number of ether oxygens (including phenoxy) is 1. The Morgan fingerprint density at radius 3 is 2.64 bits per heavy atom. The van der Waals surface area contributed by atoms with Crippen LogP contribution in [0, 0.1) is 6.92 Å². The third-order valence-electron chi connectivity index (χ3n) is 3.05. The van der Waals surface area contributed by atoms with Gasteiger partial charge in [-0.2, -0.15) is 5.10 Å². The maximum atomic E-state index is 12.2. The number of carbonyl (C=O) groups excluding carboxylic acids is 1. The fraction of sp³-hybridized carbons (Fsp3) is 0.222. The van der Waals surface area contributed by atoms with Crippen molar-refractivity contribution in [2.24, 2.45) is 5.10 Å². The molecular weight excluding hydrogens is 276 g/mol. The highest BCUT2D eigenvalue weighted by Gasteiger charge is 2.10. The van der Waals surface area contributed by atoms with Crippen LogP contribution in [0.4, 0.5) is 0 Å². The SMILES string of the molecule is CCCOc1ccccc1C(=O)NN=Cc1ccc(C)cc1. The van der Waals surface area contributed by atoms with Crippen LogP contribution in [-0.4, -0.2) is 18.7 Å². The topological polar surface area (TPSA) is 50.7 Å². The van der Waals surface area contributed by atoms with Crippen LogP contribution in [0.5, 0.6) is 5.75 Å². The average molecular weight is 296 g/mol. The molecule has 0 saturated carbocycles. The normalized spacial score (nSPS) is 10.6. The Labute approximate surface area is 130 Å². The molecule has 1 amide bonds. The van der Waals surface area contributed by atoms with Crippen LogP contribution in [0.15, 0.2) is 53.6 Å². The van der Waals surface area contributed by atoms with Gasteiger partial charge in [-0.3, -0.25) is 4.79 Å². The van der Waals surface area contributed by atoms with Gasteiger partial charge in [0.15, 0.2) is 0 Å². The van der Waals surface area contributed by atoms with E-state index in [1.54, 1.807) is 24.4 Å². The lowest BCUT2D eigenvalue weighted by Gasteiger charge is -2.09. The van der Waals surface area contributed by atoms with Crippen molar-refractivity contribution in [2.75, 3.05) is 6.61 Å². The maximum Gasteiger partial charge on any atom is 0.275 e. The number of hydrogen-bond donors (Lipinski definition) is 1. The molecule has 0 radical (unpaired) electrons. The van der Waals surface area contributed by atoms with E-state index in [0.29, 0.717) is 17.9 Å². The van der Waals surface area contributed by atoms with Crippen molar-refractivity contribution in [3.8, 4) is 5.75 Å². The van der Waals surface area contributed by atoms with Crippen LogP contribution < -0.4 is 10.2 Å². The number of nitrogens with zero attached hydrogens (tertiary/aromatic N) is 1. The zero-order chi connectivity index (χ0) is 15.8. The summed E-state index contributed by atoms with van der Waals surface area (Å²) in [6, 6.07) is 15.0. The summed E-state index contributed by atoms with van der Waals surface area (Å²) < 4.78 is 5.57. The lowest BCUT2D eigenvalue weighted by Crippen LogP contribution is -2.18. The predicted molar refractivity (Wildman–Crippen MR) is 88.5 cm³/mol. The van der Waals surface area contributed by atoms with Gasteiger partial charge in [0.05, 0.1) is 18.4 Å². The molecular formula is C18H20N2O2. The number of benzene rings is 2. The van der Waals surface area contributed by atoms with Gasteiger partial charge in [0.1, 0.15) is 5.75 Å². The highest BCUT2D eigenvalue weighted by molar-refractivity contribution is 5.97. The zero-order valence-electron chi connectivity index (χ0n) is 12.9. The van der Waals surface area contributed by atoms with Crippen LogP contribution in [0.25, 0.3) is 0 Å². The molecule has 0 aliphatic heterocycles. The molecule has 22 heavy (non-hydrogen) atoms. The second-order valence-corrected chi connectivity index (χ2v) is 4.95. The summed E-state index contributed by atoms with van der Waals surface area (Å²) in [5.41, 5.74) is 5.13. The summed E-state index contributed by atoms with van der Waals surface area (Å²) in [6.45, 7) is 4.63. The first-order valence-electron chi connectivity index (χ1n) is 7.32. The minimum Gasteiger partial charge on any atom is -0.493 e. The Morgan fingerprint density at radius 2 is 1.91 bits per heavy atom. The number of hydrogen-bond acceptors (Lipinski definition) is 3. The quantitative estimate of drug-likeness (QED) is 0.654. The standard InChI is InChI=1S/C18H20N2O2/c1-3-12-22-17-7-5-4-6-16(17)18(21)20-19-13-15-10-8-14(2)9-11-15/h4-11,13H,3,12H2,1-2H3,(H,20,21). The Hall–Kier alpha value is -2.62. The van der Waals surface area contributed by atoms with Crippen LogP contribution in [0.3, 0.4) is 0 Å². The number of para-hydroxylation sites is 1. The minimum atomic E-state index is -0.282. The van der Waals surface area contributed by atoms with Gasteiger partial charge in [0.25, 0.3) is 5.91 Å². The molecule has 0 saturated heterocycles. The number of aryl methyl sites for hydroxylation is 1. The van der Waals surface area contributed by atoms with E-state index in [1.807, 2.05) is 44.2 Å². The van der Waals surface area contributed by atoms with Gasteiger partial charge in [-0.1, -0.05) is 48.9 Å². The van der Waals surface area contributed by atoms with Crippen LogP contribution in [0.2, 0.25) is 0 Å². The molecule has 0 unspecified atom stereocenters. The van der Waals surface area contributed by atoms with Gasteiger partial charge in [0.2, 0.25) is 0 Å². The van der Waals surface area contributed by atoms with E-state index in [9.17, 15) is 4.79 Å². The molecule has 4 heteroatoms. The van der Waals surface area contributed by atoms with Gasteiger partial charge < -0.3 is 4.74 Å². The van der Waals surface area contributed by atoms with Crippen molar-refractivity contribution in [3.63, 3.8) is 0 Å². The molecule has 2 aromatic rings. The molecule has 0 aromatic heterocycles. The highest BCUT2D eigenvalue weighted by atomic mass is 16.5. The van der Waals surface area contributed by atoms with E-state index >= 15 is 0 Å². The minimum absolute atomic E-state index is 0.282. The summed E-state index contributed by atoms with van der Waals surface area (Å²) in [4.78, 5) is 12.2. The summed E-state index contributed by atoms with van der Waals surface area (Å²) in [5.74, 6) is 0.294. The number of rotatable bonds is 6. The molecule has 0 atom stereocenters. The van der Waals surface area contributed by atoms with Crippen molar-refractivity contribution < 1.29 is 9.53 Å². The second kappa shape index (κ2) is 7.98. The molecule has 4 nitrogen and oxygen atoms in total. The van der Waals surface area contributed by atoms with Crippen LogP contribution in [0.1, 0.15) is 34.8 Å². The third kappa shape index (κ3) is 4.45. The molecule has 0 fully saturated rings. The molecule has 0 spiro atoms. The van der Waals surface area contributed by atoms with Gasteiger partial charge in [-0.05, 0) is 31.0 Å². The van der Waals surface area contributed by atoms with E-state index in [1.165, 1.54) is 5.56 Å². The lowest BCUT2D eigenvalue weighted by molar-refractivity contribution is 0.0951. The Bertz CT molecular complexity index is 648. The van der Waals surface area contributed by atoms with Gasteiger partial charge in [-0.25, -0.2) is 5.43 Å². The Morgan fingerprint density at radius 1 is 1.18 bits per heavy atom. The third-order valence-corrected chi connectivity index (χ3v) is 3.05. The van der Waals surface area contributed by atoms with Gasteiger partial charge in [0, 0.05) is 0 Å². The summed E-state index contributed by atoms with van der Waals surface area (Å²) >= 11 is 0. The highest BCUT2D eigenvalue weighted by Crippen LogP contribution is 2.17. The van der Waals surface area contributed by atoms with Crippen molar-refractivity contribution in [1.82, 2.24) is 5.43 Å². The summed E-state index contributed by atoms with van der Waals surface area (Å²) in [6.07, 6.45) is 2.51. The van der Waals surface area contributed by atoms with E-state index in [-0.39, 0.29) is 5.91 Å². The van der Waals surface area contributed by atoms with E-state index in [2.05, 4.69) is 10.5 Å².